The number of hydrogen-bond donors (Lipinski definition) is 0. The minimum atomic E-state index is -0.233. The molecule has 0 spiro atoms. The first kappa shape index (κ1) is 15.5. The average molecular weight is 339 g/mol. The second-order valence-electron chi connectivity index (χ2n) is 6.13. The molecule has 0 radical (unpaired) electrons. The zero-order valence-corrected chi connectivity index (χ0v) is 14.0. The molecule has 1 unspecified atom stereocenters. The molecule has 0 aliphatic carbocycles. The van der Waals surface area contributed by atoms with E-state index in [1.165, 1.54) is 11.8 Å². The lowest BCUT2D eigenvalue weighted by atomic mass is 9.99. The molecule has 0 fully saturated rings. The number of carbonyl (C=O) groups excluding carboxylic acids is 1. The number of benzene rings is 1. The lowest BCUT2D eigenvalue weighted by Crippen LogP contribution is -2.28. The Balaban J connectivity index is 1.90. The standard InChI is InChI=1S/C17H17N5O3/c1-21-16(23)12-6-4-3-5-11(12)14(20-21)15-19-18-13-8-7-10(9-22(13)15)17(24)25-2/h3-6,10H,7-9H2,1-2H3. The number of aromatic nitrogens is 5. The molecule has 1 aliphatic rings. The van der Waals surface area contributed by atoms with E-state index in [1.807, 2.05) is 22.8 Å². The minimum absolute atomic E-state index is 0.162. The number of nitrogens with zero attached hydrogens (tertiary/aromatic N) is 5. The fourth-order valence-corrected chi connectivity index (χ4v) is 3.33. The maximum absolute atomic E-state index is 12.3. The number of aryl methyl sites for hydroxylation is 2. The van der Waals surface area contributed by atoms with E-state index in [0.29, 0.717) is 36.3 Å². The van der Waals surface area contributed by atoms with Crippen LogP contribution >= 0.6 is 0 Å². The van der Waals surface area contributed by atoms with Crippen molar-refractivity contribution < 1.29 is 9.53 Å². The number of ether oxygens (including phenoxy) is 1. The summed E-state index contributed by atoms with van der Waals surface area (Å²) < 4.78 is 8.09. The normalized spacial score (nSPS) is 16.6. The number of rotatable bonds is 2. The predicted molar refractivity (Wildman–Crippen MR) is 89.8 cm³/mol. The molecule has 128 valence electrons. The van der Waals surface area contributed by atoms with Crippen LogP contribution in [0.5, 0.6) is 0 Å². The molecule has 3 heterocycles. The van der Waals surface area contributed by atoms with Crippen LogP contribution in [0.25, 0.3) is 22.3 Å². The number of fused-ring (bicyclic) bond motifs is 2. The summed E-state index contributed by atoms with van der Waals surface area (Å²) in [6.07, 6.45) is 1.34. The topological polar surface area (TPSA) is 91.9 Å². The number of carbonyl (C=O) groups is 1. The second-order valence-corrected chi connectivity index (χ2v) is 6.13. The molecule has 8 nitrogen and oxygen atoms in total. The van der Waals surface area contributed by atoms with Gasteiger partial charge in [-0.05, 0) is 12.5 Å². The molecule has 0 saturated heterocycles. The molecule has 8 heteroatoms. The molecule has 1 aromatic carbocycles. The molecule has 2 aromatic heterocycles. The Hall–Kier alpha value is -3.03. The highest BCUT2D eigenvalue weighted by molar-refractivity contribution is 5.92. The molecule has 4 rings (SSSR count). The molecular formula is C17H17N5O3. The number of hydrogen-bond acceptors (Lipinski definition) is 6. The Morgan fingerprint density at radius 3 is 2.76 bits per heavy atom. The van der Waals surface area contributed by atoms with Crippen molar-refractivity contribution in [3.8, 4) is 11.5 Å². The molecular weight excluding hydrogens is 322 g/mol. The van der Waals surface area contributed by atoms with Gasteiger partial charge in [-0.15, -0.1) is 10.2 Å². The van der Waals surface area contributed by atoms with E-state index in [2.05, 4.69) is 15.3 Å². The van der Waals surface area contributed by atoms with E-state index in [9.17, 15) is 9.59 Å². The largest absolute Gasteiger partial charge is 0.469 e. The van der Waals surface area contributed by atoms with E-state index in [4.69, 9.17) is 4.74 Å². The molecule has 25 heavy (non-hydrogen) atoms. The van der Waals surface area contributed by atoms with Gasteiger partial charge in [-0.3, -0.25) is 9.59 Å². The second kappa shape index (κ2) is 5.80. The quantitative estimate of drug-likeness (QED) is 0.645. The van der Waals surface area contributed by atoms with Crippen molar-refractivity contribution in [2.75, 3.05) is 7.11 Å². The third-order valence-corrected chi connectivity index (χ3v) is 4.65. The van der Waals surface area contributed by atoms with Crippen molar-refractivity contribution in [1.82, 2.24) is 24.5 Å². The Bertz CT molecular complexity index is 1040. The Morgan fingerprint density at radius 2 is 2.00 bits per heavy atom. The van der Waals surface area contributed by atoms with Crippen LogP contribution in [-0.4, -0.2) is 37.6 Å². The summed E-state index contributed by atoms with van der Waals surface area (Å²) in [5.41, 5.74) is 0.423. The SMILES string of the molecule is COC(=O)C1CCc2nnc(-c3nn(C)c(=O)c4ccccc34)n2C1. The third kappa shape index (κ3) is 2.41. The van der Waals surface area contributed by atoms with Crippen molar-refractivity contribution in [3.63, 3.8) is 0 Å². The summed E-state index contributed by atoms with van der Waals surface area (Å²) in [7, 11) is 3.01. The van der Waals surface area contributed by atoms with Crippen LogP contribution in [0.15, 0.2) is 29.1 Å². The lowest BCUT2D eigenvalue weighted by molar-refractivity contribution is -0.146. The summed E-state index contributed by atoms with van der Waals surface area (Å²) in [6, 6.07) is 7.30. The average Bonchev–Trinajstić information content (AvgIpc) is 3.07. The molecule has 3 aromatic rings. The van der Waals surface area contributed by atoms with Crippen molar-refractivity contribution in [2.24, 2.45) is 13.0 Å². The third-order valence-electron chi connectivity index (χ3n) is 4.65. The Kier molecular flexibility index (Phi) is 3.60. The van der Waals surface area contributed by atoms with Crippen LogP contribution < -0.4 is 5.56 Å². The van der Waals surface area contributed by atoms with E-state index in [-0.39, 0.29) is 17.4 Å². The van der Waals surface area contributed by atoms with Gasteiger partial charge in [0.2, 0.25) is 0 Å². The van der Waals surface area contributed by atoms with Crippen LogP contribution in [0, 0.1) is 5.92 Å². The molecule has 0 bridgehead atoms. The number of esters is 1. The van der Waals surface area contributed by atoms with Crippen LogP contribution in [0.1, 0.15) is 12.2 Å². The minimum Gasteiger partial charge on any atom is -0.469 e. The fourth-order valence-electron chi connectivity index (χ4n) is 3.33. The van der Waals surface area contributed by atoms with Crippen molar-refractivity contribution in [1.29, 1.82) is 0 Å². The van der Waals surface area contributed by atoms with E-state index in [0.717, 1.165) is 11.2 Å². The van der Waals surface area contributed by atoms with Gasteiger partial charge in [0.05, 0.1) is 18.4 Å². The molecule has 1 aliphatic heterocycles. The van der Waals surface area contributed by atoms with Gasteiger partial charge < -0.3 is 9.30 Å². The van der Waals surface area contributed by atoms with Gasteiger partial charge in [0.25, 0.3) is 5.56 Å². The maximum atomic E-state index is 12.3. The van der Waals surface area contributed by atoms with E-state index < -0.39 is 0 Å². The van der Waals surface area contributed by atoms with E-state index >= 15 is 0 Å². The summed E-state index contributed by atoms with van der Waals surface area (Å²) in [6.45, 7) is 0.448. The summed E-state index contributed by atoms with van der Waals surface area (Å²) in [5.74, 6) is 0.917. The van der Waals surface area contributed by atoms with Gasteiger partial charge >= 0.3 is 5.97 Å². The van der Waals surface area contributed by atoms with Gasteiger partial charge in [0.15, 0.2) is 5.82 Å². The highest BCUT2D eigenvalue weighted by atomic mass is 16.5. The van der Waals surface area contributed by atoms with Crippen molar-refractivity contribution in [3.05, 3.63) is 40.4 Å². The summed E-state index contributed by atoms with van der Waals surface area (Å²) in [5, 5.41) is 14.2. The monoisotopic (exact) mass is 339 g/mol. The van der Waals surface area contributed by atoms with Crippen LogP contribution in [0.2, 0.25) is 0 Å². The van der Waals surface area contributed by atoms with Gasteiger partial charge in [-0.1, -0.05) is 18.2 Å². The van der Waals surface area contributed by atoms with Crippen molar-refractivity contribution in [2.45, 2.75) is 19.4 Å². The molecule has 0 amide bonds. The fraction of sp³-hybridized carbons (Fsp3) is 0.353. The first-order valence-corrected chi connectivity index (χ1v) is 8.06. The van der Waals surface area contributed by atoms with E-state index in [1.54, 1.807) is 13.1 Å². The Labute approximate surface area is 143 Å². The smallest absolute Gasteiger partial charge is 0.310 e. The van der Waals surface area contributed by atoms with Crippen LogP contribution in [-0.2, 0) is 29.5 Å². The van der Waals surface area contributed by atoms with Gasteiger partial charge in [-0.25, -0.2) is 4.68 Å². The van der Waals surface area contributed by atoms with Crippen LogP contribution in [0.4, 0.5) is 0 Å². The summed E-state index contributed by atoms with van der Waals surface area (Å²) in [4.78, 5) is 24.2. The maximum Gasteiger partial charge on any atom is 0.310 e. The first-order chi connectivity index (χ1) is 12.1. The van der Waals surface area contributed by atoms with Crippen LogP contribution in [0.3, 0.4) is 0 Å². The van der Waals surface area contributed by atoms with Crippen molar-refractivity contribution >= 4 is 16.7 Å². The Morgan fingerprint density at radius 1 is 1.24 bits per heavy atom. The highest BCUT2D eigenvalue weighted by Gasteiger charge is 2.29. The zero-order chi connectivity index (χ0) is 17.6. The molecule has 0 saturated carbocycles. The molecule has 0 N–H and O–H groups in total. The lowest BCUT2D eigenvalue weighted by Gasteiger charge is -2.22. The number of methoxy groups -OCH3 is 1. The van der Waals surface area contributed by atoms with Gasteiger partial charge in [0.1, 0.15) is 11.5 Å². The summed E-state index contributed by atoms with van der Waals surface area (Å²) >= 11 is 0. The molecule has 1 atom stereocenters. The van der Waals surface area contributed by atoms with Gasteiger partial charge in [-0.2, -0.15) is 5.10 Å². The first-order valence-electron chi connectivity index (χ1n) is 8.06. The highest BCUT2D eigenvalue weighted by Crippen LogP contribution is 2.28. The van der Waals surface area contributed by atoms with Gasteiger partial charge in [0, 0.05) is 25.4 Å². The predicted octanol–water partition coefficient (Wildman–Crippen LogP) is 0.927. The zero-order valence-electron chi connectivity index (χ0n) is 14.0.